The van der Waals surface area contributed by atoms with Gasteiger partial charge >= 0.3 is 11.9 Å². The predicted octanol–water partition coefficient (Wildman–Crippen LogP) is 2.41. The average Bonchev–Trinajstić information content (AvgIpc) is 2.82. The molecule has 0 bridgehead atoms. The highest BCUT2D eigenvalue weighted by molar-refractivity contribution is 7.13. The number of thiazole rings is 1. The van der Waals surface area contributed by atoms with Crippen molar-refractivity contribution in [2.45, 2.75) is 39.0 Å². The van der Waals surface area contributed by atoms with Crippen LogP contribution in [0.3, 0.4) is 0 Å². The average molecular weight is 300 g/mol. The topological polar surface area (TPSA) is 90.7 Å². The van der Waals surface area contributed by atoms with E-state index in [9.17, 15) is 9.59 Å². The van der Waals surface area contributed by atoms with Gasteiger partial charge in [0.15, 0.2) is 5.13 Å². The first-order valence-corrected chi connectivity index (χ1v) is 7.42. The third-order valence-corrected chi connectivity index (χ3v) is 3.71. The van der Waals surface area contributed by atoms with E-state index in [4.69, 9.17) is 10.2 Å². The van der Waals surface area contributed by atoms with Gasteiger partial charge in [0.25, 0.3) is 0 Å². The maximum Gasteiger partial charge on any atom is 0.305 e. The Morgan fingerprint density at radius 1 is 1.25 bits per heavy atom. The normalized spacial score (nSPS) is 10.8. The van der Waals surface area contributed by atoms with E-state index in [1.165, 1.54) is 11.3 Å². The number of nitrogens with zero attached hydrogens (tertiary/aromatic N) is 2. The molecule has 0 saturated heterocycles. The second-order valence-electron chi connectivity index (χ2n) is 4.84. The van der Waals surface area contributed by atoms with Crippen LogP contribution in [0.25, 0.3) is 0 Å². The van der Waals surface area contributed by atoms with Crippen molar-refractivity contribution in [1.82, 2.24) is 4.98 Å². The van der Waals surface area contributed by atoms with Crippen LogP contribution in [0.15, 0.2) is 5.38 Å². The summed E-state index contributed by atoms with van der Waals surface area (Å²) < 4.78 is 0. The molecule has 112 valence electrons. The maximum absolute atomic E-state index is 10.7. The van der Waals surface area contributed by atoms with Crippen molar-refractivity contribution in [1.29, 1.82) is 0 Å². The fourth-order valence-electron chi connectivity index (χ4n) is 1.64. The molecular formula is C13H20N2O4S. The molecule has 0 atom stereocenters. The van der Waals surface area contributed by atoms with E-state index in [1.54, 1.807) is 0 Å². The van der Waals surface area contributed by atoms with Crippen molar-refractivity contribution in [3.8, 4) is 0 Å². The van der Waals surface area contributed by atoms with E-state index >= 15 is 0 Å². The molecule has 0 unspecified atom stereocenters. The van der Waals surface area contributed by atoms with Crippen molar-refractivity contribution in [3.63, 3.8) is 0 Å². The summed E-state index contributed by atoms with van der Waals surface area (Å²) in [7, 11) is 0. The molecule has 0 amide bonds. The SMILES string of the molecule is CC(C)c1csc(N(CCCC(=O)O)CCC(=O)O)n1. The Labute approximate surface area is 122 Å². The van der Waals surface area contributed by atoms with Gasteiger partial charge in [0.1, 0.15) is 0 Å². The van der Waals surface area contributed by atoms with E-state index in [0.29, 0.717) is 25.4 Å². The summed E-state index contributed by atoms with van der Waals surface area (Å²) >= 11 is 1.47. The first-order valence-electron chi connectivity index (χ1n) is 6.54. The Morgan fingerprint density at radius 3 is 2.40 bits per heavy atom. The summed E-state index contributed by atoms with van der Waals surface area (Å²) in [6, 6.07) is 0. The number of carboxylic acid groups (broad SMARTS) is 2. The Hall–Kier alpha value is -1.63. The smallest absolute Gasteiger partial charge is 0.305 e. The maximum atomic E-state index is 10.7. The number of hydrogen-bond acceptors (Lipinski definition) is 5. The van der Waals surface area contributed by atoms with Gasteiger partial charge in [0, 0.05) is 24.9 Å². The molecule has 6 nitrogen and oxygen atoms in total. The summed E-state index contributed by atoms with van der Waals surface area (Å²) in [5.41, 5.74) is 0.976. The second kappa shape index (κ2) is 7.84. The quantitative estimate of drug-likeness (QED) is 0.728. The molecule has 0 saturated carbocycles. The van der Waals surface area contributed by atoms with Crippen molar-refractivity contribution in [2.24, 2.45) is 0 Å². The minimum absolute atomic E-state index is 0.0175. The van der Waals surface area contributed by atoms with Gasteiger partial charge < -0.3 is 15.1 Å². The monoisotopic (exact) mass is 300 g/mol. The zero-order valence-corrected chi connectivity index (χ0v) is 12.5. The zero-order valence-electron chi connectivity index (χ0n) is 11.7. The molecule has 0 aliphatic heterocycles. The standard InChI is InChI=1S/C13H20N2O4S/c1-9(2)10-8-20-13(14-10)15(7-5-12(18)19)6-3-4-11(16)17/h8-9H,3-7H2,1-2H3,(H,16,17)(H,18,19). The van der Waals surface area contributed by atoms with Crippen LogP contribution in [0.2, 0.25) is 0 Å². The largest absolute Gasteiger partial charge is 0.481 e. The number of anilines is 1. The van der Waals surface area contributed by atoms with Crippen LogP contribution in [0.5, 0.6) is 0 Å². The molecule has 1 rings (SSSR count). The number of hydrogen-bond donors (Lipinski definition) is 2. The van der Waals surface area contributed by atoms with Crippen LogP contribution in [0.1, 0.15) is 44.7 Å². The highest BCUT2D eigenvalue weighted by Gasteiger charge is 2.14. The zero-order chi connectivity index (χ0) is 15.1. The van der Waals surface area contributed by atoms with Crippen LogP contribution < -0.4 is 4.90 Å². The van der Waals surface area contributed by atoms with Gasteiger partial charge in [0.05, 0.1) is 12.1 Å². The van der Waals surface area contributed by atoms with E-state index in [1.807, 2.05) is 24.1 Å². The molecular weight excluding hydrogens is 280 g/mol. The second-order valence-corrected chi connectivity index (χ2v) is 5.67. The molecule has 0 radical (unpaired) electrons. The fourth-order valence-corrected chi connectivity index (χ4v) is 2.68. The molecule has 0 aliphatic carbocycles. The van der Waals surface area contributed by atoms with Gasteiger partial charge in [-0.1, -0.05) is 13.8 Å². The summed E-state index contributed by atoms with van der Waals surface area (Å²) in [5, 5.41) is 20.2. The molecule has 0 aliphatic rings. The van der Waals surface area contributed by atoms with Gasteiger partial charge in [-0.05, 0) is 12.3 Å². The lowest BCUT2D eigenvalue weighted by atomic mass is 10.2. The van der Waals surface area contributed by atoms with Crippen molar-refractivity contribution in [2.75, 3.05) is 18.0 Å². The number of aliphatic carboxylic acids is 2. The fraction of sp³-hybridized carbons (Fsp3) is 0.615. The van der Waals surface area contributed by atoms with E-state index in [-0.39, 0.29) is 12.8 Å². The molecule has 1 heterocycles. The van der Waals surface area contributed by atoms with Crippen LogP contribution in [0.4, 0.5) is 5.13 Å². The molecule has 1 aromatic rings. The first-order chi connectivity index (χ1) is 9.40. The summed E-state index contributed by atoms with van der Waals surface area (Å²) in [5.74, 6) is -1.39. The van der Waals surface area contributed by atoms with Gasteiger partial charge in [-0.2, -0.15) is 0 Å². The molecule has 2 N–H and O–H groups in total. The van der Waals surface area contributed by atoms with Crippen LogP contribution in [0, 0.1) is 0 Å². The van der Waals surface area contributed by atoms with E-state index in [2.05, 4.69) is 4.98 Å². The van der Waals surface area contributed by atoms with Gasteiger partial charge in [-0.3, -0.25) is 9.59 Å². The molecule has 1 aromatic heterocycles. The van der Waals surface area contributed by atoms with Gasteiger partial charge in [0.2, 0.25) is 0 Å². The lowest BCUT2D eigenvalue weighted by Gasteiger charge is -2.20. The molecule has 20 heavy (non-hydrogen) atoms. The van der Waals surface area contributed by atoms with Crippen molar-refractivity contribution >= 4 is 28.4 Å². The Morgan fingerprint density at radius 2 is 1.90 bits per heavy atom. The van der Waals surface area contributed by atoms with E-state index < -0.39 is 11.9 Å². The third kappa shape index (κ3) is 5.56. The third-order valence-electron chi connectivity index (χ3n) is 2.79. The Kier molecular flexibility index (Phi) is 6.44. The number of carbonyl (C=O) groups is 2. The van der Waals surface area contributed by atoms with Crippen molar-refractivity contribution in [3.05, 3.63) is 11.1 Å². The van der Waals surface area contributed by atoms with Crippen LogP contribution in [-0.4, -0.2) is 40.2 Å². The number of carboxylic acids is 2. The van der Waals surface area contributed by atoms with Gasteiger partial charge in [-0.25, -0.2) is 4.98 Å². The first kappa shape index (κ1) is 16.4. The minimum atomic E-state index is -0.867. The lowest BCUT2D eigenvalue weighted by molar-refractivity contribution is -0.138. The number of rotatable bonds is 9. The van der Waals surface area contributed by atoms with Crippen molar-refractivity contribution < 1.29 is 19.8 Å². The summed E-state index contributed by atoms with van der Waals surface area (Å²) in [6.45, 7) is 4.94. The van der Waals surface area contributed by atoms with Crippen LogP contribution in [-0.2, 0) is 9.59 Å². The highest BCUT2D eigenvalue weighted by Crippen LogP contribution is 2.25. The summed E-state index contributed by atoms with van der Waals surface area (Å²) in [6.07, 6.45) is 0.571. The van der Waals surface area contributed by atoms with E-state index in [0.717, 1.165) is 10.8 Å². The van der Waals surface area contributed by atoms with Crippen LogP contribution >= 0.6 is 11.3 Å². The minimum Gasteiger partial charge on any atom is -0.481 e. The Bertz CT molecular complexity index is 459. The number of aromatic nitrogens is 1. The molecule has 0 fully saturated rings. The van der Waals surface area contributed by atoms with Gasteiger partial charge in [-0.15, -0.1) is 11.3 Å². The highest BCUT2D eigenvalue weighted by atomic mass is 32.1. The molecule has 0 aromatic carbocycles. The molecule has 7 heteroatoms. The lowest BCUT2D eigenvalue weighted by Crippen LogP contribution is -2.27. The predicted molar refractivity (Wildman–Crippen MR) is 77.5 cm³/mol. The molecule has 0 spiro atoms. The summed E-state index contributed by atoms with van der Waals surface area (Å²) in [4.78, 5) is 27.6. The Balaban J connectivity index is 2.68.